The highest BCUT2D eigenvalue weighted by atomic mass is 127. The lowest BCUT2D eigenvalue weighted by atomic mass is 10.0. The Labute approximate surface area is 327 Å². The molecule has 8 aromatic carbocycles. The van der Waals surface area contributed by atoms with Gasteiger partial charge in [0, 0.05) is 67.4 Å². The first-order chi connectivity index (χ1) is 26.6. The third kappa shape index (κ3) is 4.40. The summed E-state index contributed by atoms with van der Waals surface area (Å²) in [6, 6.07) is 58.1. The van der Waals surface area contributed by atoms with E-state index in [2.05, 4.69) is 190 Å². The maximum absolute atomic E-state index is 6.41. The Balaban J connectivity index is 1.06. The van der Waals surface area contributed by atoms with E-state index in [4.69, 9.17) is 4.42 Å². The summed E-state index contributed by atoms with van der Waals surface area (Å²) in [5.41, 5.74) is 12.7. The molecule has 0 N–H and O–H groups in total. The fraction of sp³-hybridized carbons (Fsp3) is 0.0204. The van der Waals surface area contributed by atoms with Crippen LogP contribution in [0.3, 0.4) is 0 Å². The number of hydrogen-bond acceptors (Lipinski definition) is 2. The van der Waals surface area contributed by atoms with E-state index in [1.165, 1.54) is 89.7 Å². The molecule has 0 bridgehead atoms. The van der Waals surface area contributed by atoms with Crippen LogP contribution in [-0.2, 0) is 0 Å². The number of nitrogens with zero attached hydrogens (tertiary/aromatic N) is 2. The molecular formula is C49H29IN2OS. The normalized spacial score (nSPS) is 12.3. The molecule has 0 aliphatic heterocycles. The van der Waals surface area contributed by atoms with Crippen LogP contribution in [0.4, 0.5) is 0 Å². The van der Waals surface area contributed by atoms with Crippen LogP contribution < -0.4 is 0 Å². The molecule has 0 aliphatic carbocycles. The molecule has 254 valence electrons. The number of aryl methyl sites for hydroxylation is 1. The number of fused-ring (bicyclic) bond motifs is 12. The van der Waals surface area contributed by atoms with Gasteiger partial charge < -0.3 is 13.6 Å². The van der Waals surface area contributed by atoms with E-state index in [1.54, 1.807) is 0 Å². The summed E-state index contributed by atoms with van der Waals surface area (Å²) >= 11 is 4.27. The van der Waals surface area contributed by atoms with Gasteiger partial charge in [0.2, 0.25) is 0 Å². The van der Waals surface area contributed by atoms with Gasteiger partial charge in [-0.3, -0.25) is 0 Å². The molecular weight excluding hydrogens is 792 g/mol. The zero-order valence-electron chi connectivity index (χ0n) is 29.1. The van der Waals surface area contributed by atoms with Crippen molar-refractivity contribution in [2.24, 2.45) is 0 Å². The Hall–Kier alpha value is -5.89. The van der Waals surface area contributed by atoms with Crippen molar-refractivity contribution in [3.05, 3.63) is 167 Å². The molecule has 0 saturated carbocycles. The lowest BCUT2D eigenvalue weighted by molar-refractivity contribution is 0.669. The molecule has 4 aromatic heterocycles. The van der Waals surface area contributed by atoms with Gasteiger partial charge in [0.15, 0.2) is 0 Å². The Kier molecular flexibility index (Phi) is 6.40. The summed E-state index contributed by atoms with van der Waals surface area (Å²) in [5, 5.41) is 9.86. The quantitative estimate of drug-likeness (QED) is 0.163. The minimum absolute atomic E-state index is 0.915. The Morgan fingerprint density at radius 1 is 0.426 bits per heavy atom. The Bertz CT molecular complexity index is 3520. The van der Waals surface area contributed by atoms with E-state index < -0.39 is 0 Å². The number of thiophene rings is 1. The fourth-order valence-electron chi connectivity index (χ4n) is 8.75. The topological polar surface area (TPSA) is 23.0 Å². The molecule has 0 saturated heterocycles. The second-order valence-electron chi connectivity index (χ2n) is 14.4. The summed E-state index contributed by atoms with van der Waals surface area (Å²) in [6.07, 6.45) is 0. The lowest BCUT2D eigenvalue weighted by Gasteiger charge is -2.09. The average Bonchev–Trinajstić information content (AvgIpc) is 3.93. The third-order valence-corrected chi connectivity index (χ3v) is 13.0. The van der Waals surface area contributed by atoms with Crippen molar-refractivity contribution in [3.63, 3.8) is 0 Å². The van der Waals surface area contributed by atoms with Crippen LogP contribution in [0.2, 0.25) is 0 Å². The smallest absolute Gasteiger partial charge is 0.136 e. The summed E-state index contributed by atoms with van der Waals surface area (Å²) in [7, 11) is 0. The van der Waals surface area contributed by atoms with Crippen LogP contribution in [0.1, 0.15) is 5.56 Å². The highest BCUT2D eigenvalue weighted by Crippen LogP contribution is 2.43. The highest BCUT2D eigenvalue weighted by molar-refractivity contribution is 14.1. The molecule has 0 aliphatic rings. The monoisotopic (exact) mass is 820 g/mol. The summed E-state index contributed by atoms with van der Waals surface area (Å²) in [4.78, 5) is 0. The number of hydrogen-bond donors (Lipinski definition) is 0. The zero-order valence-corrected chi connectivity index (χ0v) is 32.1. The molecule has 0 unspecified atom stereocenters. The van der Waals surface area contributed by atoms with Crippen LogP contribution in [0.5, 0.6) is 0 Å². The Morgan fingerprint density at radius 3 is 1.98 bits per heavy atom. The van der Waals surface area contributed by atoms with Crippen LogP contribution >= 0.6 is 33.9 Å². The molecule has 0 amide bonds. The molecule has 3 nitrogen and oxygen atoms in total. The number of benzene rings is 8. The first kappa shape index (κ1) is 30.6. The molecule has 0 fully saturated rings. The number of halogens is 1. The molecule has 0 radical (unpaired) electrons. The highest BCUT2D eigenvalue weighted by Gasteiger charge is 2.19. The summed E-state index contributed by atoms with van der Waals surface area (Å²) in [6.45, 7) is 2.17. The van der Waals surface area contributed by atoms with E-state index in [0.29, 0.717) is 0 Å². The molecule has 12 aromatic rings. The van der Waals surface area contributed by atoms with Crippen molar-refractivity contribution < 1.29 is 4.42 Å². The number of aromatic nitrogens is 2. The van der Waals surface area contributed by atoms with E-state index in [9.17, 15) is 0 Å². The van der Waals surface area contributed by atoms with E-state index in [-0.39, 0.29) is 0 Å². The zero-order chi connectivity index (χ0) is 35.7. The minimum Gasteiger partial charge on any atom is -0.456 e. The molecule has 4 heterocycles. The predicted molar refractivity (Wildman–Crippen MR) is 238 cm³/mol. The van der Waals surface area contributed by atoms with Crippen molar-refractivity contribution >= 4 is 120 Å². The van der Waals surface area contributed by atoms with Gasteiger partial charge in [-0.05, 0) is 137 Å². The number of furan rings is 1. The van der Waals surface area contributed by atoms with Gasteiger partial charge in [0.1, 0.15) is 11.2 Å². The van der Waals surface area contributed by atoms with Gasteiger partial charge in [-0.25, -0.2) is 0 Å². The van der Waals surface area contributed by atoms with Crippen LogP contribution in [0.15, 0.2) is 162 Å². The SMILES string of the molecule is Cc1cccc(-n2c3ccccc3c3cc4sc5cc(-c6ccc7c(c6)c6cc8oc9ccccc9c8cc6n7-c6ccc(I)cc6)ccc5c4cc32)c1. The summed E-state index contributed by atoms with van der Waals surface area (Å²) < 4.78 is 15.1. The van der Waals surface area contributed by atoms with Gasteiger partial charge in [0.05, 0.1) is 22.1 Å². The first-order valence-electron chi connectivity index (χ1n) is 18.2. The standard InChI is InChI=1S/C49H29IN2OS/c1-28-7-6-8-33(21-28)52-42-11-4-2-9-34(42)39-27-49-41(25-45(39)52)36-19-13-30(23-48(36)54-49)29-14-20-43-37(22-29)38-26-47-40(35-10-3-5-12-46(35)53-47)24-44(38)51(43)32-17-15-31(50)16-18-32/h2-27H,1H3. The third-order valence-electron chi connectivity index (χ3n) is 11.2. The molecule has 0 spiro atoms. The van der Waals surface area contributed by atoms with Crippen LogP contribution in [-0.4, -0.2) is 9.13 Å². The largest absolute Gasteiger partial charge is 0.456 e. The van der Waals surface area contributed by atoms with Gasteiger partial charge in [-0.1, -0.05) is 66.7 Å². The molecule has 12 rings (SSSR count). The van der Waals surface area contributed by atoms with Gasteiger partial charge in [-0.15, -0.1) is 11.3 Å². The molecule has 5 heteroatoms. The molecule has 0 atom stereocenters. The summed E-state index contributed by atoms with van der Waals surface area (Å²) in [5.74, 6) is 0. The maximum Gasteiger partial charge on any atom is 0.136 e. The van der Waals surface area contributed by atoms with E-state index in [1.807, 2.05) is 17.4 Å². The minimum atomic E-state index is 0.915. The number of para-hydroxylation sites is 2. The molecule has 54 heavy (non-hydrogen) atoms. The van der Waals surface area contributed by atoms with E-state index >= 15 is 0 Å². The van der Waals surface area contributed by atoms with Crippen LogP contribution in [0, 0.1) is 10.5 Å². The van der Waals surface area contributed by atoms with Crippen molar-refractivity contribution in [3.8, 4) is 22.5 Å². The van der Waals surface area contributed by atoms with Crippen molar-refractivity contribution in [2.75, 3.05) is 0 Å². The number of rotatable bonds is 3. The maximum atomic E-state index is 6.41. The van der Waals surface area contributed by atoms with Crippen molar-refractivity contribution in [1.82, 2.24) is 9.13 Å². The predicted octanol–water partition coefficient (Wildman–Crippen LogP) is 14.7. The van der Waals surface area contributed by atoms with Gasteiger partial charge >= 0.3 is 0 Å². The van der Waals surface area contributed by atoms with Gasteiger partial charge in [0.25, 0.3) is 0 Å². The Morgan fingerprint density at radius 2 is 1.11 bits per heavy atom. The second kappa shape index (κ2) is 11.3. The lowest BCUT2D eigenvalue weighted by Crippen LogP contribution is -1.93. The van der Waals surface area contributed by atoms with Gasteiger partial charge in [-0.2, -0.15) is 0 Å². The van der Waals surface area contributed by atoms with Crippen LogP contribution in [0.25, 0.3) is 108 Å². The van der Waals surface area contributed by atoms with Crippen molar-refractivity contribution in [2.45, 2.75) is 6.92 Å². The average molecular weight is 821 g/mol. The van der Waals surface area contributed by atoms with Crippen molar-refractivity contribution in [1.29, 1.82) is 0 Å². The van der Waals surface area contributed by atoms with E-state index in [0.717, 1.165) is 27.6 Å². The first-order valence-corrected chi connectivity index (χ1v) is 20.1. The fourth-order valence-corrected chi connectivity index (χ4v) is 10.3. The second-order valence-corrected chi connectivity index (χ2v) is 16.7.